The number of aromatic hydroxyl groups is 1. The maximum Gasteiger partial charge on any atom is 0.246 e. The largest absolute Gasteiger partial charge is 0.508 e. The summed E-state index contributed by atoms with van der Waals surface area (Å²) in [4.78, 5) is 19.8. The Morgan fingerprint density at radius 2 is 1.91 bits per heavy atom. The molecule has 2 aromatic carbocycles. The highest BCUT2D eigenvalue weighted by atomic mass is 32.2. The maximum absolute atomic E-state index is 12.7. The highest BCUT2D eigenvalue weighted by molar-refractivity contribution is 8.16. The Morgan fingerprint density at radius 1 is 1.15 bits per heavy atom. The summed E-state index contributed by atoms with van der Waals surface area (Å²) in [6.45, 7) is 3.89. The van der Waals surface area contributed by atoms with E-state index in [1.807, 2.05) is 37.3 Å². The van der Waals surface area contributed by atoms with Crippen LogP contribution in [0, 0.1) is 0 Å². The van der Waals surface area contributed by atoms with E-state index in [9.17, 15) is 9.90 Å². The smallest absolute Gasteiger partial charge is 0.246 e. The van der Waals surface area contributed by atoms with Gasteiger partial charge in [0.25, 0.3) is 0 Å². The zero-order chi connectivity index (χ0) is 22.9. The number of hydrogen-bond donors (Lipinski definition) is 1. The van der Waals surface area contributed by atoms with Crippen molar-refractivity contribution in [3.05, 3.63) is 65.3 Å². The van der Waals surface area contributed by atoms with Crippen LogP contribution in [0.2, 0.25) is 0 Å². The van der Waals surface area contributed by atoms with Gasteiger partial charge in [-0.25, -0.2) is 9.50 Å². The average Bonchev–Trinajstić information content (AvgIpc) is 3.47. The minimum Gasteiger partial charge on any atom is -0.508 e. The predicted molar refractivity (Wildman–Crippen MR) is 133 cm³/mol. The van der Waals surface area contributed by atoms with Gasteiger partial charge in [0, 0.05) is 5.56 Å². The first-order valence-corrected chi connectivity index (χ1v) is 12.1. The summed E-state index contributed by atoms with van der Waals surface area (Å²) >= 11 is 2.89. The van der Waals surface area contributed by atoms with Gasteiger partial charge in [-0.15, -0.1) is 5.10 Å². The lowest BCUT2D eigenvalue weighted by Crippen LogP contribution is -2.31. The lowest BCUT2D eigenvalue weighted by Gasteiger charge is -2.15. The Hall–Kier alpha value is -3.50. The van der Waals surface area contributed by atoms with Gasteiger partial charge in [-0.2, -0.15) is 10.2 Å². The molecular weight excluding hydrogens is 456 g/mol. The van der Waals surface area contributed by atoms with Crippen LogP contribution in [0.5, 0.6) is 5.75 Å². The van der Waals surface area contributed by atoms with E-state index in [0.717, 1.165) is 33.3 Å². The third-order valence-electron chi connectivity index (χ3n) is 5.10. The number of rotatable bonds is 5. The molecule has 5 rings (SSSR count). The fourth-order valence-corrected chi connectivity index (χ4v) is 5.21. The highest BCUT2D eigenvalue weighted by Gasteiger charge is 2.36. The first-order valence-electron chi connectivity index (χ1n) is 10.4. The first kappa shape index (κ1) is 21.4. The molecule has 1 N–H and O–H groups in total. The van der Waals surface area contributed by atoms with Crippen LogP contribution in [0.1, 0.15) is 24.5 Å². The molecule has 166 valence electrons. The van der Waals surface area contributed by atoms with Crippen LogP contribution in [0.25, 0.3) is 16.2 Å². The third-order valence-corrected chi connectivity index (χ3v) is 7.19. The number of thioether (sulfide) groups is 1. The molecule has 0 spiro atoms. The lowest BCUT2D eigenvalue weighted by atomic mass is 10.1. The van der Waals surface area contributed by atoms with Crippen molar-refractivity contribution in [3.8, 4) is 17.0 Å². The van der Waals surface area contributed by atoms with Crippen LogP contribution in [0.15, 0.2) is 64.8 Å². The number of anilines is 1. The standard InChI is InChI=1S/C23H20N6O2S2/c1-3-19-27-29-18(20(25-22(29)33-19)15-7-5-4-6-8-15)13-24-26-23-28(21(31)14(2)32-23)16-9-11-17(30)12-10-16/h4-14,30H,3H2,1-2H3/b24-13+,26-23-. The maximum atomic E-state index is 12.7. The number of fused-ring (bicyclic) bond motifs is 1. The van der Waals surface area contributed by atoms with Crippen LogP contribution < -0.4 is 4.90 Å². The molecule has 1 atom stereocenters. The second-order valence-electron chi connectivity index (χ2n) is 7.33. The van der Waals surface area contributed by atoms with Gasteiger partial charge in [0.15, 0.2) is 5.17 Å². The van der Waals surface area contributed by atoms with E-state index in [-0.39, 0.29) is 16.9 Å². The monoisotopic (exact) mass is 476 g/mol. The summed E-state index contributed by atoms with van der Waals surface area (Å²) < 4.78 is 1.79. The van der Waals surface area contributed by atoms with E-state index < -0.39 is 0 Å². The number of amidine groups is 1. The number of aryl methyl sites for hydroxylation is 1. The van der Waals surface area contributed by atoms with Crippen LogP contribution in [-0.2, 0) is 11.2 Å². The van der Waals surface area contributed by atoms with Crippen molar-refractivity contribution in [2.24, 2.45) is 10.2 Å². The number of nitrogens with zero attached hydrogens (tertiary/aromatic N) is 6. The zero-order valence-electron chi connectivity index (χ0n) is 17.9. The highest BCUT2D eigenvalue weighted by Crippen LogP contribution is 2.32. The van der Waals surface area contributed by atoms with E-state index in [0.29, 0.717) is 10.9 Å². The summed E-state index contributed by atoms with van der Waals surface area (Å²) in [5, 5.41) is 24.1. The molecule has 1 aliphatic heterocycles. The molecule has 1 fully saturated rings. The van der Waals surface area contributed by atoms with Gasteiger partial charge in [-0.1, -0.05) is 60.4 Å². The lowest BCUT2D eigenvalue weighted by molar-refractivity contribution is -0.116. The van der Waals surface area contributed by atoms with Gasteiger partial charge < -0.3 is 5.11 Å². The van der Waals surface area contributed by atoms with Gasteiger partial charge in [0.1, 0.15) is 22.1 Å². The molecule has 2 aromatic heterocycles. The van der Waals surface area contributed by atoms with E-state index in [1.165, 1.54) is 16.7 Å². The minimum absolute atomic E-state index is 0.0801. The van der Waals surface area contributed by atoms with Crippen LogP contribution >= 0.6 is 23.1 Å². The van der Waals surface area contributed by atoms with Gasteiger partial charge in [0.2, 0.25) is 10.9 Å². The van der Waals surface area contributed by atoms with Crippen LogP contribution in [0.4, 0.5) is 5.69 Å². The summed E-state index contributed by atoms with van der Waals surface area (Å²) in [5.41, 5.74) is 3.11. The Balaban J connectivity index is 1.54. The number of phenolic OH excluding ortho intramolecular Hbond substituents is 1. The molecule has 0 bridgehead atoms. The topological polar surface area (TPSA) is 95.5 Å². The Morgan fingerprint density at radius 3 is 2.64 bits per heavy atom. The molecule has 1 aliphatic rings. The van der Waals surface area contributed by atoms with Crippen molar-refractivity contribution >= 4 is 51.0 Å². The van der Waals surface area contributed by atoms with Crippen molar-refractivity contribution in [1.82, 2.24) is 14.6 Å². The van der Waals surface area contributed by atoms with Gasteiger partial charge in [-0.05, 0) is 37.6 Å². The van der Waals surface area contributed by atoms with E-state index >= 15 is 0 Å². The Labute approximate surface area is 198 Å². The molecule has 1 unspecified atom stereocenters. The summed E-state index contributed by atoms with van der Waals surface area (Å²) in [6.07, 6.45) is 2.46. The normalized spacial score (nSPS) is 17.8. The van der Waals surface area contributed by atoms with Crippen LogP contribution in [0.3, 0.4) is 0 Å². The molecule has 0 aliphatic carbocycles. The summed E-state index contributed by atoms with van der Waals surface area (Å²) in [7, 11) is 0. The summed E-state index contributed by atoms with van der Waals surface area (Å²) in [5.74, 6) is 0.0546. The number of carbonyl (C=O) groups excluding carboxylic acids is 1. The first-order chi connectivity index (χ1) is 16.0. The molecule has 3 heterocycles. The fourth-order valence-electron chi connectivity index (χ4n) is 3.45. The second kappa shape index (κ2) is 8.80. The van der Waals surface area contributed by atoms with Crippen LogP contribution in [-0.4, -0.2) is 42.2 Å². The number of carbonyl (C=O) groups is 1. The van der Waals surface area contributed by atoms with Crippen molar-refractivity contribution < 1.29 is 9.90 Å². The Kier molecular flexibility index (Phi) is 5.69. The van der Waals surface area contributed by atoms with Gasteiger partial charge in [-0.3, -0.25) is 9.69 Å². The van der Waals surface area contributed by atoms with Gasteiger partial charge in [0.05, 0.1) is 17.2 Å². The molecule has 0 saturated carbocycles. The molecule has 10 heteroatoms. The number of hydrogen-bond acceptors (Lipinski definition) is 8. The molecule has 1 amide bonds. The number of aromatic nitrogens is 3. The van der Waals surface area contributed by atoms with E-state index in [1.54, 1.807) is 46.3 Å². The quantitative estimate of drug-likeness (QED) is 0.336. The molecule has 8 nitrogen and oxygen atoms in total. The third kappa shape index (κ3) is 4.03. The van der Waals surface area contributed by atoms with Crippen molar-refractivity contribution in [1.29, 1.82) is 0 Å². The van der Waals surface area contributed by atoms with Crippen molar-refractivity contribution in [3.63, 3.8) is 0 Å². The van der Waals surface area contributed by atoms with Crippen molar-refractivity contribution in [2.75, 3.05) is 4.90 Å². The second-order valence-corrected chi connectivity index (χ2v) is 9.68. The van der Waals surface area contributed by atoms with Crippen molar-refractivity contribution in [2.45, 2.75) is 25.5 Å². The average molecular weight is 477 g/mol. The van der Waals surface area contributed by atoms with E-state index in [2.05, 4.69) is 22.2 Å². The van der Waals surface area contributed by atoms with E-state index in [4.69, 9.17) is 4.98 Å². The molecule has 4 aromatic rings. The molecular formula is C23H20N6O2S2. The predicted octanol–water partition coefficient (Wildman–Crippen LogP) is 4.58. The number of phenols is 1. The number of amides is 1. The zero-order valence-corrected chi connectivity index (χ0v) is 19.5. The Bertz CT molecular complexity index is 1380. The minimum atomic E-state index is -0.278. The molecule has 0 radical (unpaired) electrons. The SMILES string of the molecule is CCc1nn2c(/C=N/N=C3\SC(C)C(=O)N3c3ccc(O)cc3)c(-c3ccccc3)nc2s1. The summed E-state index contributed by atoms with van der Waals surface area (Å²) in [6, 6.07) is 16.3. The number of benzene rings is 2. The molecule has 33 heavy (non-hydrogen) atoms. The molecule has 1 saturated heterocycles. The fraction of sp³-hybridized carbons (Fsp3) is 0.174. The number of imidazole rings is 1. The van der Waals surface area contributed by atoms with Gasteiger partial charge >= 0.3 is 0 Å².